The molecule has 0 amide bonds. The molecule has 0 aromatic rings. The van der Waals surface area contributed by atoms with Crippen LogP contribution >= 0.6 is 0 Å². The van der Waals surface area contributed by atoms with Gasteiger partial charge in [0.05, 0.1) is 6.07 Å². The van der Waals surface area contributed by atoms with Crippen molar-refractivity contribution in [3.8, 4) is 6.07 Å². The molecule has 0 saturated heterocycles. The van der Waals surface area contributed by atoms with Gasteiger partial charge in [-0.25, -0.2) is 0 Å². The van der Waals surface area contributed by atoms with Gasteiger partial charge in [-0.15, -0.1) is 0 Å². The van der Waals surface area contributed by atoms with Crippen molar-refractivity contribution in [2.45, 2.75) is 39.2 Å². The molecular formula is C9H17NO. The van der Waals surface area contributed by atoms with Crippen molar-refractivity contribution >= 4 is 0 Å². The summed E-state index contributed by atoms with van der Waals surface area (Å²) in [4.78, 5) is 0. The molecule has 0 rings (SSSR count). The van der Waals surface area contributed by atoms with Gasteiger partial charge >= 0.3 is 0 Å². The van der Waals surface area contributed by atoms with Crippen LogP contribution in [0.1, 0.15) is 33.6 Å². The molecule has 0 N–H and O–H groups in total. The van der Waals surface area contributed by atoms with Gasteiger partial charge in [-0.2, -0.15) is 5.26 Å². The predicted molar refractivity (Wildman–Crippen MR) is 45.1 cm³/mol. The highest BCUT2D eigenvalue weighted by molar-refractivity contribution is 4.97. The molecule has 0 bridgehead atoms. The number of ether oxygens (including phenoxy) is 1. The quantitative estimate of drug-likeness (QED) is 0.624. The van der Waals surface area contributed by atoms with E-state index in [1.807, 2.05) is 6.92 Å². The molecule has 11 heavy (non-hydrogen) atoms. The Kier molecular flexibility index (Phi) is 4.14. The number of methoxy groups -OCH3 is 1. The molecule has 2 nitrogen and oxygen atoms in total. The molecule has 1 unspecified atom stereocenters. The van der Waals surface area contributed by atoms with Gasteiger partial charge < -0.3 is 4.74 Å². The number of rotatable bonds is 4. The van der Waals surface area contributed by atoms with Gasteiger partial charge in [0, 0.05) is 7.11 Å². The Balaban J connectivity index is 3.81. The number of nitrogens with zero attached hydrogens (tertiary/aromatic N) is 1. The first kappa shape index (κ1) is 10.4. The molecule has 0 aromatic heterocycles. The summed E-state index contributed by atoms with van der Waals surface area (Å²) in [5.74, 6) is 0.637. The highest BCUT2D eigenvalue weighted by atomic mass is 16.5. The average molecular weight is 155 g/mol. The fourth-order valence-electron chi connectivity index (χ4n) is 0.768. The molecular weight excluding hydrogens is 138 g/mol. The van der Waals surface area contributed by atoms with Crippen LogP contribution in [0.25, 0.3) is 0 Å². The summed E-state index contributed by atoms with van der Waals surface area (Å²) in [6.07, 6.45) is 1.86. The van der Waals surface area contributed by atoms with E-state index in [2.05, 4.69) is 19.9 Å². The van der Waals surface area contributed by atoms with Crippen molar-refractivity contribution in [3.05, 3.63) is 0 Å². The SMILES string of the molecule is COC(C)(C#N)CCC(C)C. The van der Waals surface area contributed by atoms with E-state index in [4.69, 9.17) is 10.00 Å². The molecule has 0 fully saturated rings. The van der Waals surface area contributed by atoms with E-state index < -0.39 is 5.60 Å². The Morgan fingerprint density at radius 1 is 1.55 bits per heavy atom. The average Bonchev–Trinajstić information content (AvgIpc) is 2.00. The maximum absolute atomic E-state index is 8.72. The summed E-state index contributed by atoms with van der Waals surface area (Å²) in [6, 6.07) is 2.16. The first-order valence-electron chi connectivity index (χ1n) is 4.00. The van der Waals surface area contributed by atoms with Crippen molar-refractivity contribution in [3.63, 3.8) is 0 Å². The Morgan fingerprint density at radius 3 is 2.36 bits per heavy atom. The maximum Gasteiger partial charge on any atom is 0.151 e. The van der Waals surface area contributed by atoms with Crippen molar-refractivity contribution in [1.82, 2.24) is 0 Å². The van der Waals surface area contributed by atoms with E-state index >= 15 is 0 Å². The summed E-state index contributed by atoms with van der Waals surface area (Å²) < 4.78 is 5.08. The Bertz CT molecular complexity index is 148. The van der Waals surface area contributed by atoms with E-state index in [1.165, 1.54) is 0 Å². The van der Waals surface area contributed by atoms with Crippen LogP contribution in [0, 0.1) is 17.2 Å². The molecule has 0 aliphatic heterocycles. The number of hydrogen-bond acceptors (Lipinski definition) is 2. The third-order valence-electron chi connectivity index (χ3n) is 1.89. The minimum Gasteiger partial charge on any atom is -0.364 e. The van der Waals surface area contributed by atoms with Gasteiger partial charge in [0.1, 0.15) is 0 Å². The van der Waals surface area contributed by atoms with Gasteiger partial charge in [0.15, 0.2) is 5.60 Å². The van der Waals surface area contributed by atoms with Gasteiger partial charge in [0.2, 0.25) is 0 Å². The molecule has 0 aliphatic rings. The van der Waals surface area contributed by atoms with Gasteiger partial charge in [0.25, 0.3) is 0 Å². The fraction of sp³-hybridized carbons (Fsp3) is 0.889. The zero-order valence-electron chi connectivity index (χ0n) is 7.85. The zero-order valence-corrected chi connectivity index (χ0v) is 7.85. The predicted octanol–water partition coefficient (Wildman–Crippen LogP) is 2.35. The van der Waals surface area contributed by atoms with Crippen LogP contribution in [-0.4, -0.2) is 12.7 Å². The lowest BCUT2D eigenvalue weighted by Crippen LogP contribution is -2.25. The van der Waals surface area contributed by atoms with Crippen LogP contribution in [0.2, 0.25) is 0 Å². The number of nitriles is 1. The second kappa shape index (κ2) is 4.35. The van der Waals surface area contributed by atoms with Crippen LogP contribution in [0.3, 0.4) is 0 Å². The lowest BCUT2D eigenvalue weighted by Gasteiger charge is -2.20. The fourth-order valence-corrected chi connectivity index (χ4v) is 0.768. The minimum atomic E-state index is -0.579. The van der Waals surface area contributed by atoms with E-state index in [1.54, 1.807) is 7.11 Å². The van der Waals surface area contributed by atoms with Crippen LogP contribution < -0.4 is 0 Å². The highest BCUT2D eigenvalue weighted by Crippen LogP contribution is 2.18. The molecule has 1 atom stereocenters. The second-order valence-electron chi connectivity index (χ2n) is 3.48. The second-order valence-corrected chi connectivity index (χ2v) is 3.48. The van der Waals surface area contributed by atoms with Crippen LogP contribution in [0.5, 0.6) is 0 Å². The van der Waals surface area contributed by atoms with Gasteiger partial charge in [-0.3, -0.25) is 0 Å². The van der Waals surface area contributed by atoms with Crippen molar-refractivity contribution in [2.75, 3.05) is 7.11 Å². The molecule has 2 heteroatoms. The number of hydrogen-bond donors (Lipinski definition) is 0. The molecule has 0 heterocycles. The lowest BCUT2D eigenvalue weighted by molar-refractivity contribution is 0.0436. The lowest BCUT2D eigenvalue weighted by atomic mass is 9.96. The topological polar surface area (TPSA) is 33.0 Å². The smallest absolute Gasteiger partial charge is 0.151 e. The van der Waals surface area contributed by atoms with E-state index in [9.17, 15) is 0 Å². The first-order valence-corrected chi connectivity index (χ1v) is 4.00. The molecule has 0 radical (unpaired) electrons. The van der Waals surface area contributed by atoms with Gasteiger partial charge in [-0.05, 0) is 25.7 Å². The van der Waals surface area contributed by atoms with Crippen LogP contribution in [0.15, 0.2) is 0 Å². The third-order valence-corrected chi connectivity index (χ3v) is 1.89. The van der Waals surface area contributed by atoms with Crippen molar-refractivity contribution in [2.24, 2.45) is 5.92 Å². The van der Waals surface area contributed by atoms with E-state index in [0.29, 0.717) is 5.92 Å². The Labute approximate surface area is 69.2 Å². The summed E-state index contributed by atoms with van der Waals surface area (Å²) in [6.45, 7) is 6.12. The largest absolute Gasteiger partial charge is 0.364 e. The molecule has 0 saturated carbocycles. The van der Waals surface area contributed by atoms with E-state index in [0.717, 1.165) is 12.8 Å². The van der Waals surface area contributed by atoms with Crippen molar-refractivity contribution in [1.29, 1.82) is 5.26 Å². The normalized spacial score (nSPS) is 16.0. The third kappa shape index (κ3) is 4.00. The van der Waals surface area contributed by atoms with Crippen LogP contribution in [-0.2, 0) is 4.74 Å². The molecule has 0 aliphatic carbocycles. The standard InChI is InChI=1S/C9H17NO/c1-8(2)5-6-9(3,7-10)11-4/h8H,5-6H2,1-4H3. The maximum atomic E-state index is 8.72. The van der Waals surface area contributed by atoms with Gasteiger partial charge in [-0.1, -0.05) is 13.8 Å². The Hall–Kier alpha value is -0.550. The molecule has 0 spiro atoms. The highest BCUT2D eigenvalue weighted by Gasteiger charge is 2.22. The summed E-state index contributed by atoms with van der Waals surface area (Å²) >= 11 is 0. The summed E-state index contributed by atoms with van der Waals surface area (Å²) in [7, 11) is 1.59. The minimum absolute atomic E-state index is 0.579. The monoisotopic (exact) mass is 155 g/mol. The van der Waals surface area contributed by atoms with Crippen molar-refractivity contribution < 1.29 is 4.74 Å². The van der Waals surface area contributed by atoms with Crippen LogP contribution in [0.4, 0.5) is 0 Å². The Morgan fingerprint density at radius 2 is 2.09 bits per heavy atom. The zero-order chi connectivity index (χ0) is 8.91. The summed E-state index contributed by atoms with van der Waals surface area (Å²) in [5, 5.41) is 8.72. The molecule has 0 aromatic carbocycles. The van der Waals surface area contributed by atoms with E-state index in [-0.39, 0.29) is 0 Å². The first-order chi connectivity index (χ1) is 5.04. The molecule has 64 valence electrons. The summed E-state index contributed by atoms with van der Waals surface area (Å²) in [5.41, 5.74) is -0.579.